The van der Waals surface area contributed by atoms with Crippen molar-refractivity contribution in [1.82, 2.24) is 0 Å². The Morgan fingerprint density at radius 2 is 1.69 bits per heavy atom. The van der Waals surface area contributed by atoms with Crippen molar-refractivity contribution < 1.29 is 44.3 Å². The minimum Gasteiger partial charge on any atom is -0.545 e. The van der Waals surface area contributed by atoms with E-state index >= 15 is 0 Å². The second-order valence-corrected chi connectivity index (χ2v) is 4.01. The number of ketones is 1. The van der Waals surface area contributed by atoms with Crippen LogP contribution in [0, 0.1) is 0 Å². The molecule has 0 aliphatic rings. The molecule has 0 amide bonds. The maximum absolute atomic E-state index is 11.4. The number of aromatic carboxylic acids is 1. The van der Waals surface area contributed by atoms with E-state index in [-0.39, 0.29) is 40.9 Å². The topological polar surface area (TPSA) is 57.2 Å². The van der Waals surface area contributed by atoms with Crippen molar-refractivity contribution >= 4 is 11.8 Å². The van der Waals surface area contributed by atoms with Gasteiger partial charge in [-0.3, -0.25) is 4.79 Å². The van der Waals surface area contributed by atoms with Gasteiger partial charge in [-0.15, -0.1) is 0 Å². The molecule has 80 valence electrons. The number of Topliss-reactive ketones (excluding diaryl/α,β-unsaturated/α-hetero) is 1. The van der Waals surface area contributed by atoms with Crippen LogP contribution in [0.15, 0.2) is 24.3 Å². The minimum absolute atomic E-state index is 0. The van der Waals surface area contributed by atoms with E-state index in [1.807, 2.05) is 0 Å². The molecule has 0 unspecified atom stereocenters. The SMILES string of the molecule is CC(=O)C(C)(C)c1ccccc1C(=O)[O-].[Na+]. The van der Waals surface area contributed by atoms with Crippen molar-refractivity contribution in [2.75, 3.05) is 0 Å². The number of carboxylic acids is 1. The summed E-state index contributed by atoms with van der Waals surface area (Å²) in [6.07, 6.45) is 0. The van der Waals surface area contributed by atoms with Crippen LogP contribution < -0.4 is 34.7 Å². The van der Waals surface area contributed by atoms with Gasteiger partial charge in [0.2, 0.25) is 0 Å². The van der Waals surface area contributed by atoms with Gasteiger partial charge in [0.05, 0.1) is 5.97 Å². The van der Waals surface area contributed by atoms with E-state index < -0.39 is 11.4 Å². The number of carboxylic acid groups (broad SMARTS) is 1. The Morgan fingerprint density at radius 3 is 2.12 bits per heavy atom. The van der Waals surface area contributed by atoms with Crippen molar-refractivity contribution in [2.24, 2.45) is 0 Å². The van der Waals surface area contributed by atoms with Gasteiger partial charge in [0.15, 0.2) is 0 Å². The third kappa shape index (κ3) is 2.94. The Hall–Kier alpha value is -0.640. The number of rotatable bonds is 3. The molecular weight excluding hydrogens is 215 g/mol. The number of hydrogen-bond acceptors (Lipinski definition) is 3. The first-order valence-electron chi connectivity index (χ1n) is 4.69. The first-order chi connectivity index (χ1) is 6.87. The molecule has 0 N–H and O–H groups in total. The summed E-state index contributed by atoms with van der Waals surface area (Å²) >= 11 is 0. The number of carbonyl (C=O) groups excluding carboxylic acids is 2. The van der Waals surface area contributed by atoms with Crippen LogP contribution >= 0.6 is 0 Å². The Morgan fingerprint density at radius 1 is 1.19 bits per heavy atom. The van der Waals surface area contributed by atoms with Crippen LogP contribution in [0.3, 0.4) is 0 Å². The zero-order chi connectivity index (χ0) is 11.6. The van der Waals surface area contributed by atoms with Crippen molar-refractivity contribution in [2.45, 2.75) is 26.2 Å². The van der Waals surface area contributed by atoms with Gasteiger partial charge in [0.1, 0.15) is 5.78 Å². The molecule has 3 nitrogen and oxygen atoms in total. The fraction of sp³-hybridized carbons (Fsp3) is 0.333. The van der Waals surface area contributed by atoms with Crippen LogP contribution in [0.25, 0.3) is 0 Å². The molecule has 16 heavy (non-hydrogen) atoms. The van der Waals surface area contributed by atoms with E-state index in [9.17, 15) is 14.7 Å². The first-order valence-corrected chi connectivity index (χ1v) is 4.69. The molecule has 0 heterocycles. The van der Waals surface area contributed by atoms with Gasteiger partial charge in [0.25, 0.3) is 0 Å². The number of carbonyl (C=O) groups is 2. The number of benzene rings is 1. The van der Waals surface area contributed by atoms with E-state index in [2.05, 4.69) is 0 Å². The summed E-state index contributed by atoms with van der Waals surface area (Å²) in [6, 6.07) is 6.43. The molecule has 0 aliphatic heterocycles. The summed E-state index contributed by atoms with van der Waals surface area (Å²) in [5.74, 6) is -1.32. The summed E-state index contributed by atoms with van der Waals surface area (Å²) in [7, 11) is 0. The van der Waals surface area contributed by atoms with Crippen LogP contribution in [0.5, 0.6) is 0 Å². The molecule has 1 aromatic rings. The zero-order valence-corrected chi connectivity index (χ0v) is 12.0. The largest absolute Gasteiger partial charge is 1.00 e. The predicted octanol–water partition coefficient (Wildman–Crippen LogP) is -2.08. The summed E-state index contributed by atoms with van der Waals surface area (Å²) in [5.41, 5.74) is -0.216. The Bertz CT molecular complexity index is 410. The van der Waals surface area contributed by atoms with Crippen molar-refractivity contribution in [3.05, 3.63) is 35.4 Å². The van der Waals surface area contributed by atoms with E-state index in [0.29, 0.717) is 5.56 Å². The van der Waals surface area contributed by atoms with Crippen molar-refractivity contribution in [1.29, 1.82) is 0 Å². The van der Waals surface area contributed by atoms with Crippen LogP contribution in [0.4, 0.5) is 0 Å². The van der Waals surface area contributed by atoms with Gasteiger partial charge in [-0.05, 0) is 26.3 Å². The maximum Gasteiger partial charge on any atom is 1.00 e. The quantitative estimate of drug-likeness (QED) is 0.558. The van der Waals surface area contributed by atoms with E-state index in [1.54, 1.807) is 32.0 Å². The molecular formula is C12H13NaO3. The van der Waals surface area contributed by atoms with E-state index in [4.69, 9.17) is 0 Å². The summed E-state index contributed by atoms with van der Waals surface area (Å²) < 4.78 is 0. The van der Waals surface area contributed by atoms with E-state index in [0.717, 1.165) is 0 Å². The Kier molecular flexibility index (Phi) is 5.39. The van der Waals surface area contributed by atoms with Crippen molar-refractivity contribution in [3.63, 3.8) is 0 Å². The maximum atomic E-state index is 11.4. The molecule has 1 aromatic carbocycles. The zero-order valence-electron chi connectivity index (χ0n) is 10.0. The Balaban J connectivity index is 0.00000225. The molecule has 4 heteroatoms. The monoisotopic (exact) mass is 228 g/mol. The molecule has 0 spiro atoms. The smallest absolute Gasteiger partial charge is 0.545 e. The third-order valence-electron chi connectivity index (χ3n) is 2.70. The summed E-state index contributed by atoms with van der Waals surface area (Å²) in [4.78, 5) is 22.3. The van der Waals surface area contributed by atoms with Gasteiger partial charge in [0, 0.05) is 11.0 Å². The second-order valence-electron chi connectivity index (χ2n) is 4.01. The summed E-state index contributed by atoms with van der Waals surface area (Å²) in [6.45, 7) is 4.86. The van der Waals surface area contributed by atoms with Gasteiger partial charge in [-0.2, -0.15) is 0 Å². The fourth-order valence-electron chi connectivity index (χ4n) is 1.40. The fourth-order valence-corrected chi connectivity index (χ4v) is 1.40. The Labute approximate surface area is 117 Å². The summed E-state index contributed by atoms with van der Waals surface area (Å²) in [5, 5.41) is 10.9. The molecule has 0 saturated heterocycles. The molecule has 0 aliphatic carbocycles. The normalized spacial score (nSPS) is 10.4. The second kappa shape index (κ2) is 5.62. The van der Waals surface area contributed by atoms with Gasteiger partial charge in [-0.25, -0.2) is 0 Å². The predicted molar refractivity (Wildman–Crippen MR) is 54.5 cm³/mol. The molecule has 1 rings (SSSR count). The molecule has 0 fully saturated rings. The number of hydrogen-bond donors (Lipinski definition) is 0. The van der Waals surface area contributed by atoms with Crippen LogP contribution in [-0.4, -0.2) is 11.8 Å². The first kappa shape index (κ1) is 15.4. The van der Waals surface area contributed by atoms with Gasteiger partial charge < -0.3 is 9.90 Å². The average molecular weight is 228 g/mol. The molecule has 0 aromatic heterocycles. The van der Waals surface area contributed by atoms with Crippen molar-refractivity contribution in [3.8, 4) is 0 Å². The molecule has 0 radical (unpaired) electrons. The van der Waals surface area contributed by atoms with Crippen LogP contribution in [0.2, 0.25) is 0 Å². The van der Waals surface area contributed by atoms with E-state index in [1.165, 1.54) is 13.0 Å². The van der Waals surface area contributed by atoms with Crippen LogP contribution in [-0.2, 0) is 10.2 Å². The standard InChI is InChI=1S/C12H14O3.Na/c1-8(13)12(2,3)10-7-5-4-6-9(10)11(14)15;/h4-7H,1-3H3,(H,14,15);/q;+1/p-1. The molecule has 0 saturated carbocycles. The molecule has 0 atom stereocenters. The minimum atomic E-state index is -1.25. The van der Waals surface area contributed by atoms with Crippen LogP contribution in [0.1, 0.15) is 36.7 Å². The van der Waals surface area contributed by atoms with Gasteiger partial charge >= 0.3 is 29.6 Å². The third-order valence-corrected chi connectivity index (χ3v) is 2.70. The average Bonchev–Trinajstić information content (AvgIpc) is 2.17. The molecule has 0 bridgehead atoms. The van der Waals surface area contributed by atoms with Gasteiger partial charge in [-0.1, -0.05) is 24.3 Å².